The summed E-state index contributed by atoms with van der Waals surface area (Å²) < 4.78 is 0. The van der Waals surface area contributed by atoms with Crippen LogP contribution in [-0.2, 0) is 4.79 Å². The van der Waals surface area contributed by atoms with Crippen LogP contribution in [0.3, 0.4) is 0 Å². The number of carbonyl (C=O) groups is 1. The lowest BCUT2D eigenvalue weighted by atomic mass is 10.00. The van der Waals surface area contributed by atoms with Gasteiger partial charge in [0, 0.05) is 0 Å². The Bertz CT molecular complexity index is 731. The van der Waals surface area contributed by atoms with Gasteiger partial charge in [0.05, 0.1) is 18.8 Å². The SMILES string of the molecule is CCCCCCCCCCCCCC/C=C\CCCCCCCCCCCCCCCCCCC(O)C(=O)NC(CO)C(O)C(O)CCCCC. The Kier molecular flexibility index (Phi) is 39.5. The molecule has 51 heavy (non-hydrogen) atoms. The summed E-state index contributed by atoms with van der Waals surface area (Å²) in [6.45, 7) is 3.87. The highest BCUT2D eigenvalue weighted by molar-refractivity contribution is 5.80. The number of allylic oxidation sites excluding steroid dienone is 2. The van der Waals surface area contributed by atoms with Gasteiger partial charge in [0.1, 0.15) is 12.2 Å². The van der Waals surface area contributed by atoms with Crippen LogP contribution in [-0.4, -0.2) is 57.3 Å². The van der Waals surface area contributed by atoms with E-state index < -0.39 is 36.9 Å². The topological polar surface area (TPSA) is 110 Å². The Hall–Kier alpha value is -0.950. The van der Waals surface area contributed by atoms with Crippen molar-refractivity contribution in [3.05, 3.63) is 12.2 Å². The Morgan fingerprint density at radius 2 is 0.784 bits per heavy atom. The molecule has 0 fully saturated rings. The number of carbonyl (C=O) groups excluding carboxylic acids is 1. The van der Waals surface area contributed by atoms with Crippen molar-refractivity contribution in [1.29, 1.82) is 0 Å². The van der Waals surface area contributed by atoms with Gasteiger partial charge in [0.15, 0.2) is 0 Å². The van der Waals surface area contributed by atoms with Crippen LogP contribution >= 0.6 is 0 Å². The molecule has 0 spiro atoms. The molecule has 0 heterocycles. The van der Waals surface area contributed by atoms with Crippen LogP contribution in [0.25, 0.3) is 0 Å². The van der Waals surface area contributed by atoms with Gasteiger partial charge < -0.3 is 25.7 Å². The number of hydrogen-bond acceptors (Lipinski definition) is 5. The first-order chi connectivity index (χ1) is 25.0. The van der Waals surface area contributed by atoms with E-state index in [4.69, 9.17) is 0 Å². The quantitative estimate of drug-likeness (QED) is 0.0319. The summed E-state index contributed by atoms with van der Waals surface area (Å²) in [5.41, 5.74) is 0. The molecule has 304 valence electrons. The molecular weight excluding hydrogens is 634 g/mol. The fourth-order valence-corrected chi connectivity index (χ4v) is 7.11. The highest BCUT2D eigenvalue weighted by Crippen LogP contribution is 2.16. The smallest absolute Gasteiger partial charge is 0.249 e. The molecule has 6 heteroatoms. The molecule has 0 rings (SSSR count). The summed E-state index contributed by atoms with van der Waals surface area (Å²) in [5.74, 6) is -0.591. The minimum absolute atomic E-state index is 0.371. The molecule has 1 amide bonds. The molecule has 6 nitrogen and oxygen atoms in total. The van der Waals surface area contributed by atoms with Crippen LogP contribution in [0, 0.1) is 0 Å². The van der Waals surface area contributed by atoms with Crippen molar-refractivity contribution in [2.45, 2.75) is 263 Å². The zero-order valence-electron chi connectivity index (χ0n) is 34.1. The van der Waals surface area contributed by atoms with Gasteiger partial charge in [-0.25, -0.2) is 0 Å². The molecule has 0 saturated heterocycles. The van der Waals surface area contributed by atoms with E-state index in [2.05, 4.69) is 31.3 Å². The van der Waals surface area contributed by atoms with E-state index >= 15 is 0 Å². The highest BCUT2D eigenvalue weighted by Gasteiger charge is 2.28. The molecule has 5 N–H and O–H groups in total. The first-order valence-electron chi connectivity index (χ1n) is 22.6. The fourth-order valence-electron chi connectivity index (χ4n) is 7.11. The molecule has 0 aromatic carbocycles. The first-order valence-corrected chi connectivity index (χ1v) is 22.6. The molecule has 4 unspecified atom stereocenters. The number of unbranched alkanes of at least 4 members (excludes halogenated alkanes) is 30. The van der Waals surface area contributed by atoms with E-state index in [0.717, 1.165) is 38.5 Å². The average Bonchev–Trinajstić information content (AvgIpc) is 3.13. The van der Waals surface area contributed by atoms with Gasteiger partial charge >= 0.3 is 0 Å². The predicted octanol–water partition coefficient (Wildman–Crippen LogP) is 11.8. The zero-order valence-corrected chi connectivity index (χ0v) is 34.1. The van der Waals surface area contributed by atoms with Crippen molar-refractivity contribution >= 4 is 5.91 Å². The van der Waals surface area contributed by atoms with Crippen LogP contribution in [0.2, 0.25) is 0 Å². The second kappa shape index (κ2) is 40.2. The van der Waals surface area contributed by atoms with Crippen molar-refractivity contribution in [3.8, 4) is 0 Å². The van der Waals surface area contributed by atoms with Crippen LogP contribution < -0.4 is 5.32 Å². The van der Waals surface area contributed by atoms with Crippen LogP contribution in [0.5, 0.6) is 0 Å². The number of nitrogens with one attached hydrogen (secondary N) is 1. The van der Waals surface area contributed by atoms with Crippen molar-refractivity contribution in [2.24, 2.45) is 0 Å². The molecule has 0 radical (unpaired) electrons. The summed E-state index contributed by atoms with van der Waals surface area (Å²) in [7, 11) is 0. The third kappa shape index (κ3) is 34.6. The van der Waals surface area contributed by atoms with E-state index in [1.165, 1.54) is 173 Å². The van der Waals surface area contributed by atoms with Crippen molar-refractivity contribution in [2.75, 3.05) is 6.61 Å². The Morgan fingerprint density at radius 3 is 1.16 bits per heavy atom. The summed E-state index contributed by atoms with van der Waals surface area (Å²) >= 11 is 0. The van der Waals surface area contributed by atoms with E-state index in [1.54, 1.807) is 0 Å². The summed E-state index contributed by atoms with van der Waals surface area (Å²) in [6, 6.07) is -0.977. The second-order valence-corrected chi connectivity index (χ2v) is 15.8. The van der Waals surface area contributed by atoms with Gasteiger partial charge in [0.2, 0.25) is 5.91 Å². The standard InChI is InChI=1S/C45H89NO5/c1-3-5-7-8-9-10-11-12-13-14-15-16-17-18-19-20-21-22-23-24-25-26-27-28-29-30-31-32-33-34-35-37-39-43(49)45(51)46-41(40-47)44(50)42(48)38-36-6-4-2/h18-19,41-44,47-50H,3-17,20-40H2,1-2H3,(H,46,51)/b19-18-. The normalized spacial score (nSPS) is 14.2. The minimum atomic E-state index is -1.25. The van der Waals surface area contributed by atoms with Crippen LogP contribution in [0.1, 0.15) is 239 Å². The highest BCUT2D eigenvalue weighted by atomic mass is 16.3. The van der Waals surface area contributed by atoms with Gasteiger partial charge in [-0.2, -0.15) is 0 Å². The first kappa shape index (κ1) is 50.1. The number of aliphatic hydroxyl groups excluding tert-OH is 4. The maximum absolute atomic E-state index is 12.3. The van der Waals surface area contributed by atoms with Gasteiger partial charge in [-0.3, -0.25) is 4.79 Å². The molecule has 0 aliphatic heterocycles. The fraction of sp³-hybridized carbons (Fsp3) is 0.933. The molecule has 0 saturated carbocycles. The van der Waals surface area contributed by atoms with Gasteiger partial charge in [-0.05, 0) is 38.5 Å². The van der Waals surface area contributed by atoms with E-state index in [0.29, 0.717) is 12.8 Å². The van der Waals surface area contributed by atoms with Crippen molar-refractivity contribution < 1.29 is 25.2 Å². The number of hydrogen-bond donors (Lipinski definition) is 5. The summed E-state index contributed by atoms with van der Waals surface area (Å²) in [4.78, 5) is 12.3. The van der Waals surface area contributed by atoms with E-state index in [9.17, 15) is 25.2 Å². The molecule has 0 aliphatic rings. The van der Waals surface area contributed by atoms with Crippen LogP contribution in [0.15, 0.2) is 12.2 Å². The third-order valence-corrected chi connectivity index (χ3v) is 10.7. The number of rotatable bonds is 41. The molecular formula is C45H89NO5. The lowest BCUT2D eigenvalue weighted by Crippen LogP contribution is -2.53. The lowest BCUT2D eigenvalue weighted by molar-refractivity contribution is -0.132. The van der Waals surface area contributed by atoms with Gasteiger partial charge in [0.25, 0.3) is 0 Å². The predicted molar refractivity (Wildman–Crippen MR) is 219 cm³/mol. The number of aliphatic hydroxyl groups is 4. The second-order valence-electron chi connectivity index (χ2n) is 15.8. The van der Waals surface area contributed by atoms with Crippen molar-refractivity contribution in [3.63, 3.8) is 0 Å². The molecule has 0 bridgehead atoms. The molecule has 4 atom stereocenters. The summed E-state index contributed by atoms with van der Waals surface area (Å²) in [5, 5.41) is 42.8. The average molecular weight is 724 g/mol. The van der Waals surface area contributed by atoms with Crippen molar-refractivity contribution in [1.82, 2.24) is 5.32 Å². The monoisotopic (exact) mass is 724 g/mol. The molecule has 0 aromatic rings. The largest absolute Gasteiger partial charge is 0.394 e. The van der Waals surface area contributed by atoms with Gasteiger partial charge in [-0.15, -0.1) is 0 Å². The third-order valence-electron chi connectivity index (χ3n) is 10.7. The maximum Gasteiger partial charge on any atom is 0.249 e. The Balaban J connectivity index is 3.42. The van der Waals surface area contributed by atoms with E-state index in [1.807, 2.05) is 0 Å². The Morgan fingerprint density at radius 1 is 0.471 bits per heavy atom. The number of amides is 1. The lowest BCUT2D eigenvalue weighted by Gasteiger charge is -2.27. The maximum atomic E-state index is 12.3. The van der Waals surface area contributed by atoms with Crippen LogP contribution in [0.4, 0.5) is 0 Å². The molecule has 0 aliphatic carbocycles. The Labute approximate surface area is 317 Å². The molecule has 0 aromatic heterocycles. The summed E-state index contributed by atoms with van der Waals surface area (Å²) in [6.07, 6.45) is 45.1. The van der Waals surface area contributed by atoms with E-state index in [-0.39, 0.29) is 0 Å². The zero-order chi connectivity index (χ0) is 37.5. The minimum Gasteiger partial charge on any atom is -0.394 e. The van der Waals surface area contributed by atoms with Gasteiger partial charge in [-0.1, -0.05) is 212 Å².